The van der Waals surface area contributed by atoms with Crippen LogP contribution in [0.5, 0.6) is 0 Å². The lowest BCUT2D eigenvalue weighted by Gasteiger charge is -2.10. The molecule has 2 N–H and O–H groups in total. The van der Waals surface area contributed by atoms with E-state index in [-0.39, 0.29) is 5.56 Å². The Balaban J connectivity index is 1.51. The summed E-state index contributed by atoms with van der Waals surface area (Å²) in [5.74, 6) is 0. The lowest BCUT2D eigenvalue weighted by molar-refractivity contribution is 0.864. The number of aromatic amines is 1. The number of aromatic nitrogens is 4. The molecular formula is C25H20ClN5O. The van der Waals surface area contributed by atoms with Crippen LogP contribution in [-0.2, 0) is 6.54 Å². The number of rotatable bonds is 5. The molecule has 0 aliphatic carbocycles. The Morgan fingerprint density at radius 1 is 1.00 bits per heavy atom. The van der Waals surface area contributed by atoms with Crippen LogP contribution in [0.15, 0.2) is 83.9 Å². The van der Waals surface area contributed by atoms with Gasteiger partial charge in [-0.25, -0.2) is 4.68 Å². The van der Waals surface area contributed by atoms with Gasteiger partial charge in [0.2, 0.25) is 0 Å². The molecule has 3 heterocycles. The fourth-order valence-corrected chi connectivity index (χ4v) is 3.87. The van der Waals surface area contributed by atoms with Gasteiger partial charge >= 0.3 is 0 Å². The van der Waals surface area contributed by atoms with Gasteiger partial charge in [-0.05, 0) is 61.0 Å². The highest BCUT2D eigenvalue weighted by Gasteiger charge is 2.16. The number of anilines is 1. The van der Waals surface area contributed by atoms with Crippen molar-refractivity contribution in [3.05, 3.63) is 106 Å². The summed E-state index contributed by atoms with van der Waals surface area (Å²) in [7, 11) is 0. The Morgan fingerprint density at radius 3 is 2.50 bits per heavy atom. The van der Waals surface area contributed by atoms with Crippen LogP contribution in [0.4, 0.5) is 5.69 Å². The average molecular weight is 442 g/mol. The predicted octanol–water partition coefficient (Wildman–Crippen LogP) is 5.35. The Hall–Kier alpha value is -3.90. The molecule has 0 unspecified atom stereocenters. The van der Waals surface area contributed by atoms with E-state index in [2.05, 4.69) is 20.4 Å². The first-order valence-corrected chi connectivity index (χ1v) is 10.6. The van der Waals surface area contributed by atoms with E-state index in [1.165, 1.54) is 4.68 Å². The molecule has 0 spiro atoms. The third-order valence-corrected chi connectivity index (χ3v) is 5.64. The van der Waals surface area contributed by atoms with Crippen LogP contribution >= 0.6 is 11.6 Å². The second kappa shape index (κ2) is 8.32. The first-order valence-electron chi connectivity index (χ1n) is 10.2. The second-order valence-electron chi connectivity index (χ2n) is 7.49. The maximum atomic E-state index is 13.0. The summed E-state index contributed by atoms with van der Waals surface area (Å²) in [5.41, 5.74) is 6.02. The number of hydrogen-bond acceptors (Lipinski definition) is 4. The van der Waals surface area contributed by atoms with Crippen LogP contribution in [0, 0.1) is 6.92 Å². The van der Waals surface area contributed by atoms with E-state index in [0.717, 1.165) is 33.7 Å². The van der Waals surface area contributed by atoms with Gasteiger partial charge in [-0.2, -0.15) is 0 Å². The molecule has 0 saturated heterocycles. The fraction of sp³-hybridized carbons (Fsp3) is 0.0800. The van der Waals surface area contributed by atoms with Gasteiger partial charge in [0.15, 0.2) is 0 Å². The molecule has 0 saturated carbocycles. The molecule has 6 nitrogen and oxygen atoms in total. The van der Waals surface area contributed by atoms with Crippen molar-refractivity contribution < 1.29 is 0 Å². The third kappa shape index (κ3) is 3.76. The van der Waals surface area contributed by atoms with Gasteiger partial charge in [-0.15, -0.1) is 0 Å². The van der Waals surface area contributed by atoms with Crippen molar-refractivity contribution in [1.29, 1.82) is 0 Å². The van der Waals surface area contributed by atoms with Crippen molar-refractivity contribution in [3.63, 3.8) is 0 Å². The van der Waals surface area contributed by atoms with Crippen LogP contribution in [0.2, 0.25) is 5.02 Å². The minimum atomic E-state index is -0.148. The van der Waals surface area contributed by atoms with E-state index in [1.807, 2.05) is 49.4 Å². The molecule has 3 aromatic heterocycles. The normalized spacial score (nSPS) is 11.1. The molecule has 0 atom stereocenters. The summed E-state index contributed by atoms with van der Waals surface area (Å²) in [6.07, 6.45) is 3.41. The van der Waals surface area contributed by atoms with Crippen molar-refractivity contribution in [1.82, 2.24) is 19.7 Å². The number of nitrogens with one attached hydrogen (secondary N) is 2. The Labute approximate surface area is 189 Å². The molecule has 0 bridgehead atoms. The first kappa shape index (κ1) is 20.0. The zero-order chi connectivity index (χ0) is 22.1. The van der Waals surface area contributed by atoms with Crippen LogP contribution < -0.4 is 10.9 Å². The lowest BCUT2D eigenvalue weighted by atomic mass is 10.0. The minimum absolute atomic E-state index is 0.148. The van der Waals surface area contributed by atoms with E-state index < -0.39 is 0 Å². The SMILES string of the molecule is Cc1ncc2c(=O)n(-c3ccc(Cl)cc3)[nH]c2c1-c1ccc(NCc2ccccn2)cc1. The standard InChI is InChI=1S/C25H20ClN5O/c1-16-23(17-5-9-19(10-6-17)29-14-20-4-2-3-13-27-20)24-22(15-28-16)25(32)31(30-24)21-11-7-18(26)8-12-21/h2-13,15,29-30H,14H2,1H3. The molecule has 2 aromatic carbocycles. The highest BCUT2D eigenvalue weighted by Crippen LogP contribution is 2.30. The number of hydrogen-bond donors (Lipinski definition) is 2. The minimum Gasteiger partial charge on any atom is -0.379 e. The quantitative estimate of drug-likeness (QED) is 0.385. The second-order valence-corrected chi connectivity index (χ2v) is 7.92. The molecule has 0 amide bonds. The Kier molecular flexibility index (Phi) is 5.21. The largest absolute Gasteiger partial charge is 0.379 e. The van der Waals surface area contributed by atoms with E-state index in [0.29, 0.717) is 22.6 Å². The van der Waals surface area contributed by atoms with E-state index in [1.54, 1.807) is 36.7 Å². The molecule has 158 valence electrons. The molecule has 5 rings (SSSR count). The average Bonchev–Trinajstić information content (AvgIpc) is 3.15. The topological polar surface area (TPSA) is 75.6 Å². The Bertz CT molecular complexity index is 1440. The maximum absolute atomic E-state index is 13.0. The highest BCUT2D eigenvalue weighted by atomic mass is 35.5. The maximum Gasteiger partial charge on any atom is 0.280 e. The third-order valence-electron chi connectivity index (χ3n) is 5.38. The van der Waals surface area contributed by atoms with Gasteiger partial charge in [0, 0.05) is 34.4 Å². The number of benzene rings is 2. The smallest absolute Gasteiger partial charge is 0.280 e. The van der Waals surface area contributed by atoms with Gasteiger partial charge in [-0.1, -0.05) is 29.8 Å². The van der Waals surface area contributed by atoms with Gasteiger partial charge in [0.1, 0.15) is 0 Å². The van der Waals surface area contributed by atoms with Crippen molar-refractivity contribution >= 4 is 28.2 Å². The first-order chi connectivity index (χ1) is 15.6. The fourth-order valence-electron chi connectivity index (χ4n) is 3.74. The van der Waals surface area contributed by atoms with Crippen molar-refractivity contribution in [2.75, 3.05) is 5.32 Å². The monoisotopic (exact) mass is 441 g/mol. The molecule has 0 fully saturated rings. The molecule has 5 aromatic rings. The van der Waals surface area contributed by atoms with E-state index >= 15 is 0 Å². The number of H-pyrrole nitrogens is 1. The molecule has 0 radical (unpaired) electrons. The predicted molar refractivity (Wildman–Crippen MR) is 128 cm³/mol. The number of nitrogens with zero attached hydrogens (tertiary/aromatic N) is 3. The number of aryl methyl sites for hydroxylation is 1. The van der Waals surface area contributed by atoms with Gasteiger partial charge in [-0.3, -0.25) is 19.9 Å². The van der Waals surface area contributed by atoms with Gasteiger partial charge in [0.25, 0.3) is 5.56 Å². The zero-order valence-electron chi connectivity index (χ0n) is 17.3. The lowest BCUT2D eigenvalue weighted by Crippen LogP contribution is -2.14. The van der Waals surface area contributed by atoms with Crippen molar-refractivity contribution in [2.24, 2.45) is 0 Å². The van der Waals surface area contributed by atoms with Crippen molar-refractivity contribution in [2.45, 2.75) is 13.5 Å². The molecule has 32 heavy (non-hydrogen) atoms. The van der Waals surface area contributed by atoms with Crippen LogP contribution in [0.25, 0.3) is 27.7 Å². The number of fused-ring (bicyclic) bond motifs is 1. The summed E-state index contributed by atoms with van der Waals surface area (Å²) in [5, 5.41) is 7.80. The zero-order valence-corrected chi connectivity index (χ0v) is 18.1. The van der Waals surface area contributed by atoms with Crippen LogP contribution in [0.3, 0.4) is 0 Å². The summed E-state index contributed by atoms with van der Waals surface area (Å²) in [6, 6.07) is 21.1. The van der Waals surface area contributed by atoms with Gasteiger partial charge < -0.3 is 5.32 Å². The van der Waals surface area contributed by atoms with Crippen molar-refractivity contribution in [3.8, 4) is 16.8 Å². The Morgan fingerprint density at radius 2 is 1.78 bits per heavy atom. The highest BCUT2D eigenvalue weighted by molar-refractivity contribution is 6.30. The summed E-state index contributed by atoms with van der Waals surface area (Å²) < 4.78 is 1.52. The number of pyridine rings is 2. The molecule has 0 aliphatic heterocycles. The van der Waals surface area contributed by atoms with E-state index in [4.69, 9.17) is 11.6 Å². The van der Waals surface area contributed by atoms with E-state index in [9.17, 15) is 4.79 Å². The summed E-state index contributed by atoms with van der Waals surface area (Å²) in [6.45, 7) is 2.59. The van der Waals surface area contributed by atoms with Crippen LogP contribution in [0.1, 0.15) is 11.4 Å². The summed E-state index contributed by atoms with van der Waals surface area (Å²) in [4.78, 5) is 21.8. The van der Waals surface area contributed by atoms with Gasteiger partial charge in [0.05, 0.1) is 28.8 Å². The summed E-state index contributed by atoms with van der Waals surface area (Å²) >= 11 is 6.00. The molecule has 7 heteroatoms. The molecule has 0 aliphatic rings. The molecular weight excluding hydrogens is 422 g/mol. The number of halogens is 1. The van der Waals surface area contributed by atoms with Crippen LogP contribution in [-0.4, -0.2) is 19.7 Å².